The number of aryl methyl sites for hydroxylation is 1. The molecule has 0 radical (unpaired) electrons. The zero-order chi connectivity index (χ0) is 22.1. The van der Waals surface area contributed by atoms with Crippen LogP contribution < -0.4 is 5.32 Å². The highest BCUT2D eigenvalue weighted by Crippen LogP contribution is 2.27. The van der Waals surface area contributed by atoms with Crippen molar-refractivity contribution < 1.29 is 9.53 Å². The van der Waals surface area contributed by atoms with Crippen molar-refractivity contribution in [3.63, 3.8) is 0 Å². The minimum atomic E-state index is -0.331. The fourth-order valence-corrected chi connectivity index (χ4v) is 3.64. The molecule has 1 amide bonds. The monoisotopic (exact) mass is 412 g/mol. The molecular weight excluding hydrogens is 384 g/mol. The molecular formula is C27H28N2O2. The number of nitrogens with zero attached hydrogens (tertiary/aromatic N) is 1. The van der Waals surface area contributed by atoms with Crippen LogP contribution in [-0.2, 0) is 17.8 Å². The van der Waals surface area contributed by atoms with Gasteiger partial charge < -0.3 is 10.1 Å². The van der Waals surface area contributed by atoms with Crippen LogP contribution in [0, 0.1) is 11.3 Å². The van der Waals surface area contributed by atoms with E-state index in [0.29, 0.717) is 25.3 Å². The van der Waals surface area contributed by atoms with Crippen LogP contribution >= 0.6 is 0 Å². The van der Waals surface area contributed by atoms with Crippen LogP contribution in [-0.4, -0.2) is 19.1 Å². The van der Waals surface area contributed by atoms with Crippen molar-refractivity contribution >= 4 is 5.91 Å². The van der Waals surface area contributed by atoms with Gasteiger partial charge in [-0.2, -0.15) is 5.26 Å². The molecule has 4 heteroatoms. The quantitative estimate of drug-likeness (QED) is 0.603. The third kappa shape index (κ3) is 6.28. The van der Waals surface area contributed by atoms with Gasteiger partial charge in [0.1, 0.15) is 0 Å². The van der Waals surface area contributed by atoms with Gasteiger partial charge in [0.15, 0.2) is 0 Å². The van der Waals surface area contributed by atoms with Crippen molar-refractivity contribution in [1.29, 1.82) is 5.26 Å². The summed E-state index contributed by atoms with van der Waals surface area (Å²) in [4.78, 5) is 12.7. The second-order valence-electron chi connectivity index (χ2n) is 7.66. The van der Waals surface area contributed by atoms with E-state index in [0.717, 1.165) is 29.5 Å². The van der Waals surface area contributed by atoms with Crippen LogP contribution in [0.4, 0.5) is 0 Å². The van der Waals surface area contributed by atoms with Crippen LogP contribution in [0.2, 0.25) is 0 Å². The first-order valence-corrected chi connectivity index (χ1v) is 10.5. The highest BCUT2D eigenvalue weighted by atomic mass is 16.5. The van der Waals surface area contributed by atoms with E-state index in [1.54, 1.807) is 6.07 Å². The number of amides is 1. The third-order valence-electron chi connectivity index (χ3n) is 5.27. The normalized spacial score (nSPS) is 15.9. The summed E-state index contributed by atoms with van der Waals surface area (Å²) in [5, 5.41) is 12.3. The van der Waals surface area contributed by atoms with Crippen molar-refractivity contribution in [2.75, 3.05) is 13.2 Å². The van der Waals surface area contributed by atoms with Gasteiger partial charge in [-0.3, -0.25) is 4.79 Å². The molecule has 1 aliphatic rings. The summed E-state index contributed by atoms with van der Waals surface area (Å²) >= 11 is 0. The topological polar surface area (TPSA) is 62.1 Å². The summed E-state index contributed by atoms with van der Waals surface area (Å²) in [5.41, 5.74) is 5.72. The van der Waals surface area contributed by atoms with E-state index in [2.05, 4.69) is 48.3 Å². The number of rotatable bonds is 8. The Morgan fingerprint density at radius 2 is 2.10 bits per heavy atom. The number of benzene rings is 2. The summed E-state index contributed by atoms with van der Waals surface area (Å²) < 4.78 is 5.44. The highest BCUT2D eigenvalue weighted by Gasteiger charge is 2.21. The predicted octanol–water partition coefficient (Wildman–Crippen LogP) is 5.25. The van der Waals surface area contributed by atoms with Crippen molar-refractivity contribution in [3.8, 4) is 6.07 Å². The number of allylic oxidation sites excluding steroid dienone is 3. The Balaban J connectivity index is 1.60. The summed E-state index contributed by atoms with van der Waals surface area (Å²) in [7, 11) is 0. The first-order chi connectivity index (χ1) is 15.1. The van der Waals surface area contributed by atoms with Crippen LogP contribution in [0.25, 0.3) is 0 Å². The summed E-state index contributed by atoms with van der Waals surface area (Å²) in [5.74, 6) is -0.500. The predicted molar refractivity (Wildman–Crippen MR) is 124 cm³/mol. The van der Waals surface area contributed by atoms with Gasteiger partial charge in [-0.15, -0.1) is 0 Å². The molecule has 3 rings (SSSR count). The van der Waals surface area contributed by atoms with Gasteiger partial charge in [0.2, 0.25) is 0 Å². The summed E-state index contributed by atoms with van der Waals surface area (Å²) in [6.45, 7) is 7.32. The lowest BCUT2D eigenvalue weighted by Crippen LogP contribution is -2.26. The number of hydrogen-bond acceptors (Lipinski definition) is 3. The molecule has 0 saturated heterocycles. The fourth-order valence-electron chi connectivity index (χ4n) is 3.64. The largest absolute Gasteiger partial charge is 0.375 e. The van der Waals surface area contributed by atoms with Gasteiger partial charge >= 0.3 is 0 Å². The Hall–Kier alpha value is -3.42. The molecule has 0 bridgehead atoms. The van der Waals surface area contributed by atoms with Gasteiger partial charge in [0.05, 0.1) is 25.2 Å². The molecule has 1 atom stereocenters. The number of carbonyl (C=O) groups is 1. The van der Waals surface area contributed by atoms with Crippen molar-refractivity contribution in [2.45, 2.75) is 32.3 Å². The molecule has 31 heavy (non-hydrogen) atoms. The van der Waals surface area contributed by atoms with Gasteiger partial charge in [-0.05, 0) is 59.7 Å². The van der Waals surface area contributed by atoms with Crippen molar-refractivity contribution in [2.24, 2.45) is 0 Å². The average Bonchev–Trinajstić information content (AvgIpc) is 2.81. The minimum Gasteiger partial charge on any atom is -0.375 e. The molecule has 2 aromatic rings. The molecule has 0 saturated carbocycles. The standard InChI is InChI=1S/C27H28N2O2/c1-3-7-22(11-10-21-8-5-4-6-9-21)14-20(2)17-29-27(30)23-12-13-24-18-31-19-25(16-28)26(24)15-23/h3-9,12-15,25H,2,10-11,17-19H2,1H3,(H,29,30)/b7-3-,22-14+. The average molecular weight is 413 g/mol. The molecule has 0 spiro atoms. The number of ether oxygens (including phenoxy) is 1. The maximum Gasteiger partial charge on any atom is 0.251 e. The molecule has 2 aromatic carbocycles. The Kier molecular flexibility index (Phi) is 7.98. The first-order valence-electron chi connectivity index (χ1n) is 10.5. The first kappa shape index (κ1) is 22.3. The second-order valence-corrected chi connectivity index (χ2v) is 7.66. The SMILES string of the molecule is C=C(/C=C(\C=C/C)CCc1ccccc1)CNC(=O)c1ccc2c(c1)C(C#N)COC2. The van der Waals surface area contributed by atoms with Crippen LogP contribution in [0.15, 0.2) is 84.5 Å². The maximum absolute atomic E-state index is 12.7. The molecule has 0 aliphatic carbocycles. The van der Waals surface area contributed by atoms with Crippen LogP contribution in [0.3, 0.4) is 0 Å². The van der Waals surface area contributed by atoms with Gasteiger partial charge in [0.25, 0.3) is 5.91 Å². The molecule has 0 aromatic heterocycles. The second kappa shape index (κ2) is 11.1. The van der Waals surface area contributed by atoms with E-state index < -0.39 is 0 Å². The smallest absolute Gasteiger partial charge is 0.251 e. The fraction of sp³-hybridized carbons (Fsp3) is 0.259. The van der Waals surface area contributed by atoms with Crippen LogP contribution in [0.5, 0.6) is 0 Å². The van der Waals surface area contributed by atoms with Gasteiger partial charge in [-0.1, -0.05) is 61.2 Å². The number of hydrogen-bond donors (Lipinski definition) is 1. The Morgan fingerprint density at radius 1 is 1.29 bits per heavy atom. The van der Waals surface area contributed by atoms with Crippen molar-refractivity contribution in [3.05, 3.63) is 107 Å². The highest BCUT2D eigenvalue weighted by molar-refractivity contribution is 5.94. The van der Waals surface area contributed by atoms with Crippen LogP contribution in [0.1, 0.15) is 46.3 Å². The molecule has 1 unspecified atom stereocenters. The lowest BCUT2D eigenvalue weighted by atomic mass is 9.92. The maximum atomic E-state index is 12.7. The van der Waals surface area contributed by atoms with E-state index >= 15 is 0 Å². The van der Waals surface area contributed by atoms with Gasteiger partial charge in [0, 0.05) is 12.1 Å². The van der Waals surface area contributed by atoms with E-state index in [9.17, 15) is 10.1 Å². The summed E-state index contributed by atoms with van der Waals surface area (Å²) in [6.07, 6.45) is 8.01. The van der Waals surface area contributed by atoms with E-state index in [1.165, 1.54) is 11.1 Å². The number of fused-ring (bicyclic) bond motifs is 1. The molecule has 1 N–H and O–H groups in total. The third-order valence-corrected chi connectivity index (χ3v) is 5.27. The minimum absolute atomic E-state index is 0.169. The Bertz CT molecular complexity index is 1030. The molecule has 4 nitrogen and oxygen atoms in total. The molecule has 1 aliphatic heterocycles. The molecule has 158 valence electrons. The van der Waals surface area contributed by atoms with E-state index in [-0.39, 0.29) is 11.8 Å². The van der Waals surface area contributed by atoms with E-state index in [1.807, 2.05) is 37.3 Å². The number of carbonyl (C=O) groups excluding carboxylic acids is 1. The Morgan fingerprint density at radius 3 is 2.84 bits per heavy atom. The molecule has 1 heterocycles. The van der Waals surface area contributed by atoms with Crippen molar-refractivity contribution in [1.82, 2.24) is 5.32 Å². The zero-order valence-corrected chi connectivity index (χ0v) is 17.9. The summed E-state index contributed by atoms with van der Waals surface area (Å²) in [6, 6.07) is 18.1. The number of nitriles is 1. The lowest BCUT2D eigenvalue weighted by Gasteiger charge is -2.21. The molecule has 0 fully saturated rings. The van der Waals surface area contributed by atoms with E-state index in [4.69, 9.17) is 4.74 Å². The van der Waals surface area contributed by atoms with Gasteiger partial charge in [-0.25, -0.2) is 0 Å². The Labute approximate surface area is 184 Å². The zero-order valence-electron chi connectivity index (χ0n) is 17.9. The number of nitrogens with one attached hydrogen (secondary N) is 1. The lowest BCUT2D eigenvalue weighted by molar-refractivity contribution is 0.0952.